The smallest absolute Gasteiger partial charge is 0.308 e. The van der Waals surface area contributed by atoms with E-state index in [1.165, 1.54) is 6.21 Å². The van der Waals surface area contributed by atoms with E-state index in [1.807, 2.05) is 0 Å². The molecule has 0 saturated heterocycles. The molecule has 0 atom stereocenters. The van der Waals surface area contributed by atoms with Gasteiger partial charge in [-0.25, -0.2) is 0 Å². The summed E-state index contributed by atoms with van der Waals surface area (Å²) in [5.74, 6) is -0.904. The van der Waals surface area contributed by atoms with Crippen LogP contribution in [-0.4, -0.2) is 23.9 Å². The number of carboxylic acid groups (broad SMARTS) is 1. The summed E-state index contributed by atoms with van der Waals surface area (Å²) in [6, 6.07) is 0. The second kappa shape index (κ2) is 5.08. The fourth-order valence-electron chi connectivity index (χ4n) is 0.243. The predicted molar refractivity (Wildman–Crippen MR) is 32.4 cm³/mol. The van der Waals surface area contributed by atoms with Crippen LogP contribution in [0.2, 0.25) is 0 Å². The zero-order valence-electron chi connectivity index (χ0n) is 5.20. The van der Waals surface area contributed by atoms with Gasteiger partial charge >= 0.3 is 5.97 Å². The quantitative estimate of drug-likeness (QED) is 0.446. The molecule has 0 aromatic carbocycles. The lowest BCUT2D eigenvalue weighted by molar-refractivity contribution is -0.135. The Kier molecular flexibility index (Phi) is 4.49. The molecule has 0 aromatic rings. The van der Waals surface area contributed by atoms with Gasteiger partial charge in [-0.15, -0.1) is 0 Å². The minimum atomic E-state index is -0.904. The van der Waals surface area contributed by atoms with Crippen molar-refractivity contribution >= 4 is 12.2 Å². The second-order valence-electron chi connectivity index (χ2n) is 1.30. The zero-order chi connectivity index (χ0) is 7.11. The van der Waals surface area contributed by atoms with Crippen molar-refractivity contribution in [2.45, 2.75) is 13.3 Å². The first-order valence-electron chi connectivity index (χ1n) is 2.63. The Balaban J connectivity index is 3.14. The van der Waals surface area contributed by atoms with E-state index in [2.05, 4.69) is 9.99 Å². The Morgan fingerprint density at radius 1 is 1.89 bits per heavy atom. The normalized spacial score (nSPS) is 9.89. The van der Waals surface area contributed by atoms with Gasteiger partial charge in [0.05, 0.1) is 12.6 Å². The van der Waals surface area contributed by atoms with Gasteiger partial charge in [0.25, 0.3) is 0 Å². The number of aliphatic carboxylic acids is 1. The Morgan fingerprint density at radius 2 is 2.56 bits per heavy atom. The Morgan fingerprint density at radius 3 is 3.00 bits per heavy atom. The van der Waals surface area contributed by atoms with Gasteiger partial charge in [0.1, 0.15) is 6.61 Å². The van der Waals surface area contributed by atoms with Gasteiger partial charge in [-0.3, -0.25) is 4.79 Å². The van der Waals surface area contributed by atoms with Crippen LogP contribution >= 0.6 is 0 Å². The van der Waals surface area contributed by atoms with Crippen LogP contribution in [0.4, 0.5) is 0 Å². The molecule has 0 rings (SSSR count). The second-order valence-corrected chi connectivity index (χ2v) is 1.30. The van der Waals surface area contributed by atoms with E-state index in [1.54, 1.807) is 6.92 Å². The lowest BCUT2D eigenvalue weighted by atomic mass is 10.5. The highest BCUT2D eigenvalue weighted by Crippen LogP contribution is 1.75. The van der Waals surface area contributed by atoms with Crippen molar-refractivity contribution in [1.82, 2.24) is 0 Å². The lowest BCUT2D eigenvalue weighted by Gasteiger charge is -1.87. The molecule has 0 aliphatic carbocycles. The van der Waals surface area contributed by atoms with Crippen LogP contribution in [0.5, 0.6) is 0 Å². The van der Waals surface area contributed by atoms with Crippen molar-refractivity contribution in [3.8, 4) is 0 Å². The molecule has 4 heteroatoms. The zero-order valence-corrected chi connectivity index (χ0v) is 5.20. The van der Waals surface area contributed by atoms with Gasteiger partial charge < -0.3 is 9.94 Å². The van der Waals surface area contributed by atoms with Gasteiger partial charge in [0.15, 0.2) is 0 Å². The molecule has 52 valence electrons. The first-order valence-corrected chi connectivity index (χ1v) is 2.63. The minimum absolute atomic E-state index is 0.0833. The summed E-state index contributed by atoms with van der Waals surface area (Å²) in [7, 11) is 0. The largest absolute Gasteiger partial charge is 0.481 e. The first-order chi connectivity index (χ1) is 4.27. The summed E-state index contributed by atoms with van der Waals surface area (Å²) >= 11 is 0. The summed E-state index contributed by atoms with van der Waals surface area (Å²) in [5.41, 5.74) is 0. The molecule has 0 unspecified atom stereocenters. The molecule has 1 N–H and O–H groups in total. The molecule has 0 heterocycles. The molecule has 0 aliphatic rings. The van der Waals surface area contributed by atoms with E-state index in [4.69, 9.17) is 5.11 Å². The molecule has 4 nitrogen and oxygen atoms in total. The van der Waals surface area contributed by atoms with Gasteiger partial charge in [-0.05, 0) is 6.92 Å². The standard InChI is InChI=1S/C5H9NO3/c1-2-9-6-4-3-5(7)8/h4H,2-3H2,1H3,(H,7,8). The van der Waals surface area contributed by atoms with Gasteiger partial charge in [-0.2, -0.15) is 0 Å². The number of rotatable bonds is 4. The molecule has 0 radical (unpaired) electrons. The number of nitrogens with zero attached hydrogens (tertiary/aromatic N) is 1. The Bertz CT molecular complexity index is 111. The van der Waals surface area contributed by atoms with Crippen LogP contribution in [0.3, 0.4) is 0 Å². The molecule has 0 aromatic heterocycles. The fraction of sp³-hybridized carbons (Fsp3) is 0.600. The van der Waals surface area contributed by atoms with Gasteiger partial charge in [0, 0.05) is 0 Å². The van der Waals surface area contributed by atoms with Crippen molar-refractivity contribution in [1.29, 1.82) is 0 Å². The maximum Gasteiger partial charge on any atom is 0.308 e. The maximum absolute atomic E-state index is 9.82. The van der Waals surface area contributed by atoms with E-state index in [9.17, 15) is 4.79 Å². The summed E-state index contributed by atoms with van der Waals surface area (Å²) in [4.78, 5) is 14.3. The van der Waals surface area contributed by atoms with Crippen LogP contribution in [0.1, 0.15) is 13.3 Å². The average Bonchev–Trinajstić information content (AvgIpc) is 1.80. The van der Waals surface area contributed by atoms with Gasteiger partial charge in [-0.1, -0.05) is 5.16 Å². The third-order valence-electron chi connectivity index (χ3n) is 0.544. The maximum atomic E-state index is 9.82. The van der Waals surface area contributed by atoms with Crippen LogP contribution in [0.15, 0.2) is 5.16 Å². The SMILES string of the molecule is CCON=CCC(=O)O. The molecule has 0 amide bonds. The van der Waals surface area contributed by atoms with E-state index in [0.29, 0.717) is 6.61 Å². The van der Waals surface area contributed by atoms with E-state index in [-0.39, 0.29) is 6.42 Å². The number of hydrogen-bond donors (Lipinski definition) is 1. The highest BCUT2D eigenvalue weighted by atomic mass is 16.6. The molecule has 9 heavy (non-hydrogen) atoms. The third kappa shape index (κ3) is 6.94. The molecule has 0 spiro atoms. The van der Waals surface area contributed by atoms with Crippen LogP contribution < -0.4 is 0 Å². The highest BCUT2D eigenvalue weighted by molar-refractivity contribution is 5.84. The number of hydrogen-bond acceptors (Lipinski definition) is 3. The fourth-order valence-corrected chi connectivity index (χ4v) is 0.243. The lowest BCUT2D eigenvalue weighted by Crippen LogP contribution is -1.94. The summed E-state index contributed by atoms with van der Waals surface area (Å²) in [6.07, 6.45) is 1.13. The monoisotopic (exact) mass is 131 g/mol. The molecule has 0 bridgehead atoms. The minimum Gasteiger partial charge on any atom is -0.481 e. The van der Waals surface area contributed by atoms with E-state index < -0.39 is 5.97 Å². The molecule has 0 aliphatic heterocycles. The van der Waals surface area contributed by atoms with Crippen LogP contribution in [0, 0.1) is 0 Å². The van der Waals surface area contributed by atoms with Crippen molar-refractivity contribution in [2.75, 3.05) is 6.61 Å². The van der Waals surface area contributed by atoms with Crippen molar-refractivity contribution in [3.05, 3.63) is 0 Å². The summed E-state index contributed by atoms with van der Waals surface area (Å²) in [6.45, 7) is 2.24. The van der Waals surface area contributed by atoms with Gasteiger partial charge in [0.2, 0.25) is 0 Å². The number of carbonyl (C=O) groups is 1. The van der Waals surface area contributed by atoms with E-state index in [0.717, 1.165) is 0 Å². The summed E-state index contributed by atoms with van der Waals surface area (Å²) in [5, 5.41) is 11.4. The van der Waals surface area contributed by atoms with Crippen molar-refractivity contribution in [3.63, 3.8) is 0 Å². The van der Waals surface area contributed by atoms with Crippen LogP contribution in [0.25, 0.3) is 0 Å². The average molecular weight is 131 g/mol. The topological polar surface area (TPSA) is 58.9 Å². The Hall–Kier alpha value is -1.06. The first kappa shape index (κ1) is 7.94. The highest BCUT2D eigenvalue weighted by Gasteiger charge is 1.88. The number of oxime groups is 1. The summed E-state index contributed by atoms with van der Waals surface area (Å²) < 4.78 is 0. The number of carboxylic acids is 1. The molecule has 0 fully saturated rings. The predicted octanol–water partition coefficient (Wildman–Crippen LogP) is 0.483. The third-order valence-corrected chi connectivity index (χ3v) is 0.544. The van der Waals surface area contributed by atoms with E-state index >= 15 is 0 Å². The van der Waals surface area contributed by atoms with Crippen molar-refractivity contribution < 1.29 is 14.7 Å². The Labute approximate surface area is 53.1 Å². The van der Waals surface area contributed by atoms with Crippen molar-refractivity contribution in [2.24, 2.45) is 5.16 Å². The molecule has 0 saturated carbocycles. The van der Waals surface area contributed by atoms with Crippen LogP contribution in [-0.2, 0) is 9.63 Å². The molecular formula is C5H9NO3. The molecular weight excluding hydrogens is 122 g/mol.